The zero-order valence-corrected chi connectivity index (χ0v) is 35.0. The zero-order valence-electron chi connectivity index (χ0n) is 29.2. The molecular formula is C18F39InO9S3. The molecule has 0 bridgehead atoms. The Morgan fingerprint density at radius 3 is 0.343 bits per heavy atom. The Morgan fingerprint density at radius 2 is 0.271 bits per heavy atom. The molecule has 0 aliphatic rings. The first-order chi connectivity index (χ1) is 28.5. The van der Waals surface area contributed by atoms with Crippen LogP contribution in [0.2, 0.25) is 0 Å². The van der Waals surface area contributed by atoms with Gasteiger partial charge in [0, 0.05) is 0 Å². The molecule has 0 aliphatic carbocycles. The van der Waals surface area contributed by atoms with Gasteiger partial charge in [0.1, 0.15) is 0 Å². The van der Waals surface area contributed by atoms with Gasteiger partial charge < -0.3 is 13.7 Å². The summed E-state index contributed by atoms with van der Waals surface area (Å²) in [6.07, 6.45) is -22.8. The molecule has 0 spiro atoms. The van der Waals surface area contributed by atoms with Gasteiger partial charge in [0.15, 0.2) is 30.4 Å². The molecule has 0 amide bonds. The monoisotopic (exact) mass is 1310 g/mol. The second-order valence-electron chi connectivity index (χ2n) is 11.3. The fourth-order valence-corrected chi connectivity index (χ4v) is 4.06. The van der Waals surface area contributed by atoms with Gasteiger partial charge in [-0.1, -0.05) is 0 Å². The predicted octanol–water partition coefficient (Wildman–Crippen LogP) is 9.30. The van der Waals surface area contributed by atoms with Gasteiger partial charge in [-0.3, -0.25) is 0 Å². The van der Waals surface area contributed by atoms with E-state index in [0.717, 1.165) is 0 Å². The summed E-state index contributed by atoms with van der Waals surface area (Å²) in [5.74, 6) is -97.9. The van der Waals surface area contributed by atoms with Crippen LogP contribution in [0.5, 0.6) is 0 Å². The Kier molecular flexibility index (Phi) is 20.1. The summed E-state index contributed by atoms with van der Waals surface area (Å²) in [7, 11) is -23.6. The number of hydrogen-bond donors (Lipinski definition) is 0. The molecule has 52 heteroatoms. The quantitative estimate of drug-likeness (QED) is 0.115. The van der Waals surface area contributed by atoms with Crippen LogP contribution in [0.25, 0.3) is 0 Å². The Labute approximate surface area is 371 Å². The molecule has 0 radical (unpaired) electrons. The SMILES string of the molecule is O=S(=O)([O-])C(F)(F)C(F)(F)C(F)(F)C(F)(F)C(F)(F)C(F)(F)F.O=S(=O)([O-])C(F)(F)C(F)(F)C(F)(F)C(F)(F)C(F)(F)C(F)(F)F.O=S(=O)([O-])C(F)(F)C(F)(F)C(F)(F)C(F)(F)C(F)(F)C(F)(F)F.[In+3]. The van der Waals surface area contributed by atoms with Crippen LogP contribution in [0.3, 0.4) is 0 Å². The molecule has 0 aliphatic heterocycles. The summed E-state index contributed by atoms with van der Waals surface area (Å²) in [6.45, 7) is 0. The van der Waals surface area contributed by atoms with Crippen molar-refractivity contribution in [2.24, 2.45) is 0 Å². The topological polar surface area (TPSA) is 172 Å². The van der Waals surface area contributed by atoms with Gasteiger partial charge in [0.25, 0.3) is 0 Å². The predicted molar refractivity (Wildman–Crippen MR) is 127 cm³/mol. The molecule has 0 aromatic carbocycles. The van der Waals surface area contributed by atoms with Gasteiger partial charge in [-0.05, 0) is 0 Å². The second-order valence-corrected chi connectivity index (χ2v) is 15.6. The summed E-state index contributed by atoms with van der Waals surface area (Å²) < 4.78 is 567. The largest absolute Gasteiger partial charge is 3.00 e. The third-order valence-corrected chi connectivity index (χ3v) is 9.31. The third-order valence-electron chi connectivity index (χ3n) is 6.66. The Morgan fingerprint density at radius 1 is 0.186 bits per heavy atom. The van der Waals surface area contributed by atoms with Gasteiger partial charge in [-0.2, -0.15) is 171 Å². The molecule has 0 N–H and O–H groups in total. The van der Waals surface area contributed by atoms with E-state index in [4.69, 9.17) is 0 Å². The summed E-state index contributed by atoms with van der Waals surface area (Å²) in [4.78, 5) is 0. The molecule has 0 aromatic rings. The summed E-state index contributed by atoms with van der Waals surface area (Å²) in [5.41, 5.74) is 0. The fraction of sp³-hybridized carbons (Fsp3) is 1.00. The van der Waals surface area contributed by atoms with Crippen LogP contribution in [0.15, 0.2) is 0 Å². The van der Waals surface area contributed by atoms with Crippen molar-refractivity contribution in [2.75, 3.05) is 0 Å². The van der Waals surface area contributed by atoms with Crippen molar-refractivity contribution in [2.45, 2.75) is 105 Å². The first-order valence-electron chi connectivity index (χ1n) is 13.2. The van der Waals surface area contributed by atoms with Gasteiger partial charge in [-0.25, -0.2) is 25.3 Å². The van der Waals surface area contributed by atoms with Crippen LogP contribution in [0, 0.1) is 0 Å². The molecule has 0 aromatic heterocycles. The van der Waals surface area contributed by atoms with Crippen molar-refractivity contribution in [1.29, 1.82) is 0 Å². The average molecular weight is 1310 g/mol. The molecule has 0 unspecified atom stereocenters. The van der Waals surface area contributed by atoms with Crippen LogP contribution in [-0.4, -0.2) is 170 Å². The maximum Gasteiger partial charge on any atom is 3.00 e. The zero-order chi connectivity index (χ0) is 58.5. The van der Waals surface area contributed by atoms with Crippen molar-refractivity contribution in [3.05, 3.63) is 0 Å². The molecule has 0 heterocycles. The minimum Gasteiger partial charge on any atom is -0.743 e. The van der Waals surface area contributed by atoms with E-state index >= 15 is 0 Å². The molecule has 0 saturated carbocycles. The summed E-state index contributed by atoms with van der Waals surface area (Å²) in [5, 5.41) is -22.9. The number of hydrogen-bond acceptors (Lipinski definition) is 9. The number of halogens is 39. The molecule has 420 valence electrons. The standard InChI is InChI=1S/3C6HF13O3S.In/c3*7-1(8,3(11,12)5(15,16)17)2(9,10)4(13,14)6(18,19)23(20,21)22;/h3*(H,20,21,22);/q;;;+3/p-3. The summed E-state index contributed by atoms with van der Waals surface area (Å²) in [6, 6.07) is 0. The Bertz CT molecular complexity index is 1930. The van der Waals surface area contributed by atoms with Crippen LogP contribution >= 0.6 is 0 Å². The van der Waals surface area contributed by atoms with E-state index in [2.05, 4.69) is 0 Å². The third kappa shape index (κ3) is 10.8. The Hall–Kier alpha value is -2.13. The maximum absolute atomic E-state index is 12.7. The molecule has 0 rings (SSSR count). The van der Waals surface area contributed by atoms with E-state index in [1.165, 1.54) is 0 Å². The van der Waals surface area contributed by atoms with E-state index in [1.807, 2.05) is 0 Å². The van der Waals surface area contributed by atoms with E-state index in [1.54, 1.807) is 0 Å². The number of alkyl halides is 39. The van der Waals surface area contributed by atoms with Crippen LogP contribution in [0.1, 0.15) is 0 Å². The van der Waals surface area contributed by atoms with Gasteiger partial charge in [0.05, 0.1) is 0 Å². The van der Waals surface area contributed by atoms with E-state index in [0.29, 0.717) is 0 Å². The maximum atomic E-state index is 12.7. The molecule has 0 fully saturated rings. The van der Waals surface area contributed by atoms with E-state index in [9.17, 15) is 210 Å². The van der Waals surface area contributed by atoms with Crippen molar-refractivity contribution < 1.29 is 210 Å². The first kappa shape index (κ1) is 74.4. The van der Waals surface area contributed by atoms with Crippen molar-refractivity contribution >= 4 is 56.2 Å². The smallest absolute Gasteiger partial charge is 0.743 e. The fourth-order valence-electron chi connectivity index (χ4n) is 2.74. The van der Waals surface area contributed by atoms with Crippen LogP contribution in [-0.2, 0) is 30.4 Å². The average Bonchev–Trinajstić information content (AvgIpc) is 3.04. The molecule has 0 atom stereocenters. The van der Waals surface area contributed by atoms with Gasteiger partial charge in [-0.15, -0.1) is 0 Å². The van der Waals surface area contributed by atoms with Crippen molar-refractivity contribution in [3.8, 4) is 0 Å². The summed E-state index contributed by atoms with van der Waals surface area (Å²) >= 11 is 0. The van der Waals surface area contributed by atoms with E-state index < -0.39 is 136 Å². The molecule has 70 heavy (non-hydrogen) atoms. The van der Waals surface area contributed by atoms with Gasteiger partial charge in [0.2, 0.25) is 0 Å². The van der Waals surface area contributed by atoms with Gasteiger partial charge >= 0.3 is 131 Å². The molecular weight excluding hydrogens is 1310 g/mol. The molecule has 0 saturated heterocycles. The normalized spacial score (nSPS) is 16.4. The van der Waals surface area contributed by atoms with Crippen LogP contribution < -0.4 is 0 Å². The van der Waals surface area contributed by atoms with Crippen molar-refractivity contribution in [3.63, 3.8) is 0 Å². The molecule has 9 nitrogen and oxygen atoms in total. The Balaban J connectivity index is -0.000000463. The van der Waals surface area contributed by atoms with E-state index in [-0.39, 0.29) is 25.8 Å². The minimum absolute atomic E-state index is 0. The van der Waals surface area contributed by atoms with Crippen molar-refractivity contribution in [1.82, 2.24) is 0 Å². The number of rotatable bonds is 15. The van der Waals surface area contributed by atoms with Crippen LogP contribution in [0.4, 0.5) is 171 Å². The second kappa shape index (κ2) is 18.9. The first-order valence-corrected chi connectivity index (χ1v) is 17.5. The minimum atomic E-state index is -8.29.